The summed E-state index contributed by atoms with van der Waals surface area (Å²) < 4.78 is 5.62. The highest BCUT2D eigenvalue weighted by atomic mass is 32.2. The number of likely N-dealkylation sites (tertiary alicyclic amines) is 1. The normalized spacial score (nSPS) is 17.7. The molecule has 0 radical (unpaired) electrons. The van der Waals surface area contributed by atoms with Crippen LogP contribution in [0.25, 0.3) is 0 Å². The lowest BCUT2D eigenvalue weighted by Gasteiger charge is -2.20. The minimum atomic E-state index is -0.331. The zero-order valence-corrected chi connectivity index (χ0v) is 15.4. The molecular formula is C18H20N4O3S. The molecule has 1 aromatic heterocycles. The summed E-state index contributed by atoms with van der Waals surface area (Å²) >= 11 is 1.26. The summed E-state index contributed by atoms with van der Waals surface area (Å²) in [6.07, 6.45) is 2.34. The summed E-state index contributed by atoms with van der Waals surface area (Å²) in [4.78, 5) is 28.0. The molecule has 3 heterocycles. The van der Waals surface area contributed by atoms with E-state index in [0.29, 0.717) is 30.6 Å². The van der Waals surface area contributed by atoms with Crippen LogP contribution in [0, 0.1) is 0 Å². The van der Waals surface area contributed by atoms with Gasteiger partial charge in [0.1, 0.15) is 0 Å². The van der Waals surface area contributed by atoms with Gasteiger partial charge in [0.15, 0.2) is 0 Å². The minimum absolute atomic E-state index is 0.0365. The topological polar surface area (TPSA) is 79.5 Å². The van der Waals surface area contributed by atoms with Crippen molar-refractivity contribution in [1.82, 2.24) is 15.1 Å². The van der Waals surface area contributed by atoms with Gasteiger partial charge >= 0.3 is 0 Å². The number of nitrogens with zero attached hydrogens (tertiary/aromatic N) is 4. The molecule has 136 valence electrons. The molecule has 1 unspecified atom stereocenters. The molecule has 0 spiro atoms. The van der Waals surface area contributed by atoms with Crippen LogP contribution < -0.4 is 4.90 Å². The fourth-order valence-electron chi connectivity index (χ4n) is 3.37. The molecule has 4 rings (SSSR count). The number of hydrogen-bond acceptors (Lipinski definition) is 6. The minimum Gasteiger partial charge on any atom is -0.414 e. The molecule has 0 aliphatic carbocycles. The molecular weight excluding hydrogens is 352 g/mol. The van der Waals surface area contributed by atoms with Crippen molar-refractivity contribution < 1.29 is 14.0 Å². The van der Waals surface area contributed by atoms with Crippen LogP contribution in [0.1, 0.15) is 31.2 Å². The van der Waals surface area contributed by atoms with E-state index in [-0.39, 0.29) is 17.1 Å². The molecule has 2 aliphatic heterocycles. The first-order valence-electron chi connectivity index (χ1n) is 8.78. The standard InChI is InChI=1S/C18H20N4O3S/c1-12(17(24)22-10-8-13-5-2-3-6-14(13)22)26-18-20-19-15(25-18)11-21-9-4-7-16(21)23/h2-3,5-6,12H,4,7-11H2,1H3. The van der Waals surface area contributed by atoms with E-state index >= 15 is 0 Å². The molecule has 1 aromatic carbocycles. The second-order valence-electron chi connectivity index (χ2n) is 6.51. The van der Waals surface area contributed by atoms with Crippen molar-refractivity contribution in [1.29, 1.82) is 0 Å². The highest BCUT2D eigenvalue weighted by Crippen LogP contribution is 2.31. The predicted molar refractivity (Wildman–Crippen MR) is 96.8 cm³/mol. The number of fused-ring (bicyclic) bond motifs is 1. The largest absolute Gasteiger partial charge is 0.414 e. The van der Waals surface area contributed by atoms with Crippen LogP contribution in [0.15, 0.2) is 33.9 Å². The number of thioether (sulfide) groups is 1. The van der Waals surface area contributed by atoms with Gasteiger partial charge in [0.25, 0.3) is 5.22 Å². The molecule has 2 amide bonds. The van der Waals surface area contributed by atoms with Gasteiger partial charge in [-0.25, -0.2) is 0 Å². The zero-order valence-electron chi connectivity index (χ0n) is 14.6. The third kappa shape index (κ3) is 3.33. The quantitative estimate of drug-likeness (QED) is 0.749. The molecule has 0 bridgehead atoms. The van der Waals surface area contributed by atoms with Crippen molar-refractivity contribution >= 4 is 29.3 Å². The van der Waals surface area contributed by atoms with Crippen molar-refractivity contribution in [2.45, 2.75) is 43.2 Å². The van der Waals surface area contributed by atoms with Crippen LogP contribution in [-0.4, -0.2) is 45.3 Å². The maximum Gasteiger partial charge on any atom is 0.277 e. The fraction of sp³-hybridized carbons (Fsp3) is 0.444. The Morgan fingerprint density at radius 1 is 1.27 bits per heavy atom. The van der Waals surface area contributed by atoms with Crippen LogP contribution in [0.3, 0.4) is 0 Å². The lowest BCUT2D eigenvalue weighted by molar-refractivity contribution is -0.128. The highest BCUT2D eigenvalue weighted by molar-refractivity contribution is 8.00. The lowest BCUT2D eigenvalue weighted by atomic mass is 10.2. The molecule has 2 aliphatic rings. The number of aromatic nitrogens is 2. The molecule has 0 N–H and O–H groups in total. The first-order valence-corrected chi connectivity index (χ1v) is 9.66. The molecule has 1 atom stereocenters. The van der Waals surface area contributed by atoms with Crippen molar-refractivity contribution in [3.63, 3.8) is 0 Å². The molecule has 1 fully saturated rings. The summed E-state index contributed by atoms with van der Waals surface area (Å²) in [5, 5.41) is 8.05. The number of anilines is 1. The SMILES string of the molecule is CC(Sc1nnc(CN2CCCC2=O)o1)C(=O)N1CCc2ccccc21. The molecule has 8 heteroatoms. The number of hydrogen-bond donors (Lipinski definition) is 0. The number of carbonyl (C=O) groups excluding carboxylic acids is 2. The predicted octanol–water partition coefficient (Wildman–Crippen LogP) is 2.26. The Labute approximate surface area is 155 Å². The van der Waals surface area contributed by atoms with Gasteiger partial charge in [-0.1, -0.05) is 30.0 Å². The monoisotopic (exact) mass is 372 g/mol. The number of benzene rings is 1. The van der Waals surface area contributed by atoms with Crippen molar-refractivity contribution in [3.05, 3.63) is 35.7 Å². The van der Waals surface area contributed by atoms with Crippen LogP contribution in [0.2, 0.25) is 0 Å². The van der Waals surface area contributed by atoms with Gasteiger partial charge in [-0.3, -0.25) is 9.59 Å². The fourth-order valence-corrected chi connectivity index (χ4v) is 4.14. The Morgan fingerprint density at radius 2 is 2.12 bits per heavy atom. The van der Waals surface area contributed by atoms with Crippen LogP contribution in [-0.2, 0) is 22.6 Å². The smallest absolute Gasteiger partial charge is 0.277 e. The molecule has 0 saturated carbocycles. The zero-order chi connectivity index (χ0) is 18.1. The Hall–Kier alpha value is -2.35. The molecule has 26 heavy (non-hydrogen) atoms. The lowest BCUT2D eigenvalue weighted by Crippen LogP contribution is -2.35. The summed E-state index contributed by atoms with van der Waals surface area (Å²) in [6.45, 7) is 3.62. The van der Waals surface area contributed by atoms with Gasteiger partial charge in [-0.15, -0.1) is 10.2 Å². The van der Waals surface area contributed by atoms with Crippen molar-refractivity contribution in [3.8, 4) is 0 Å². The van der Waals surface area contributed by atoms with Crippen molar-refractivity contribution in [2.24, 2.45) is 0 Å². The summed E-state index contributed by atoms with van der Waals surface area (Å²) in [6, 6.07) is 7.99. The molecule has 2 aromatic rings. The number of rotatable bonds is 5. The van der Waals surface area contributed by atoms with E-state index < -0.39 is 0 Å². The average molecular weight is 372 g/mol. The van der Waals surface area contributed by atoms with E-state index in [1.165, 1.54) is 17.3 Å². The van der Waals surface area contributed by atoms with E-state index in [1.807, 2.05) is 30.0 Å². The maximum atomic E-state index is 12.8. The summed E-state index contributed by atoms with van der Waals surface area (Å²) in [5.41, 5.74) is 2.19. The first kappa shape index (κ1) is 17.1. The summed E-state index contributed by atoms with van der Waals surface area (Å²) in [5.74, 6) is 0.567. The van der Waals surface area contributed by atoms with Gasteiger partial charge in [0, 0.05) is 25.2 Å². The molecule has 7 nitrogen and oxygen atoms in total. The number of para-hydroxylation sites is 1. The van der Waals surface area contributed by atoms with E-state index in [2.05, 4.69) is 16.3 Å². The van der Waals surface area contributed by atoms with E-state index in [4.69, 9.17) is 4.42 Å². The Balaban J connectivity index is 1.38. The van der Waals surface area contributed by atoms with Crippen LogP contribution in [0.4, 0.5) is 5.69 Å². The first-order chi connectivity index (χ1) is 12.6. The Kier molecular flexibility index (Phi) is 4.67. The maximum absolute atomic E-state index is 12.8. The van der Waals surface area contributed by atoms with Crippen molar-refractivity contribution in [2.75, 3.05) is 18.0 Å². The van der Waals surface area contributed by atoms with E-state index in [0.717, 1.165) is 25.1 Å². The van der Waals surface area contributed by atoms with E-state index in [1.54, 1.807) is 4.90 Å². The van der Waals surface area contributed by atoms with E-state index in [9.17, 15) is 9.59 Å². The van der Waals surface area contributed by atoms with Gasteiger partial charge < -0.3 is 14.2 Å². The Morgan fingerprint density at radius 3 is 2.92 bits per heavy atom. The number of carbonyl (C=O) groups is 2. The van der Waals surface area contributed by atoms with Gasteiger partial charge in [-0.2, -0.15) is 0 Å². The van der Waals surface area contributed by atoms with Gasteiger partial charge in [0.2, 0.25) is 17.7 Å². The second kappa shape index (κ2) is 7.11. The summed E-state index contributed by atoms with van der Waals surface area (Å²) in [7, 11) is 0. The highest BCUT2D eigenvalue weighted by Gasteiger charge is 2.29. The van der Waals surface area contributed by atoms with Gasteiger partial charge in [0.05, 0.1) is 11.8 Å². The average Bonchev–Trinajstić information content (AvgIpc) is 3.36. The second-order valence-corrected chi connectivity index (χ2v) is 7.80. The third-order valence-corrected chi connectivity index (χ3v) is 5.65. The number of amides is 2. The van der Waals surface area contributed by atoms with Crippen LogP contribution in [0.5, 0.6) is 0 Å². The van der Waals surface area contributed by atoms with Crippen LogP contribution >= 0.6 is 11.8 Å². The molecule has 1 saturated heterocycles. The Bertz CT molecular complexity index is 837. The third-order valence-electron chi connectivity index (χ3n) is 4.72. The van der Waals surface area contributed by atoms with Gasteiger partial charge in [-0.05, 0) is 31.4 Å².